The van der Waals surface area contributed by atoms with Crippen LogP contribution in [0.5, 0.6) is 0 Å². The number of nitrogens with one attached hydrogen (secondary N) is 5. The molecule has 0 aromatic carbocycles. The number of carbonyl (C=O) groups excluding carboxylic acids is 5. The summed E-state index contributed by atoms with van der Waals surface area (Å²) in [5, 5.41) is 31.8. The van der Waals surface area contributed by atoms with Crippen LogP contribution in [0.4, 0.5) is 5.13 Å². The molecule has 1 aliphatic heterocycles. The van der Waals surface area contributed by atoms with Crippen LogP contribution in [0, 0.1) is 11.8 Å². The van der Waals surface area contributed by atoms with E-state index in [2.05, 4.69) is 31.6 Å². The van der Waals surface area contributed by atoms with E-state index in [4.69, 9.17) is 10.2 Å². The van der Waals surface area contributed by atoms with Crippen LogP contribution in [0.1, 0.15) is 76.7 Å². The van der Waals surface area contributed by atoms with Crippen molar-refractivity contribution in [3.05, 3.63) is 11.1 Å². The first-order chi connectivity index (χ1) is 21.6. The maximum atomic E-state index is 13.5. The smallest absolute Gasteiger partial charge is 0.322 e. The maximum absolute atomic E-state index is 13.5. The van der Waals surface area contributed by atoms with Gasteiger partial charge in [0, 0.05) is 11.8 Å². The molecule has 0 bridgehead atoms. The number of likely N-dealkylation sites (N-methyl/N-ethyl adjacent to an activating group) is 1. The Labute approximate surface area is 271 Å². The van der Waals surface area contributed by atoms with Crippen LogP contribution in [0.15, 0.2) is 5.38 Å². The standard InChI is InChI=1S/C29H45N7O9S/c1-6-16(4)23(34-26(43)19-9-7-8-12-36(19)5)28(45)33-22(15(2)3)27(44)35-29-32-18(14-46-29)25(42)31-17(10-11-20(37)38)24(41)30-13-21(39)40/h14-17,19,22-23H,6-13H2,1-5H3,(H,30,41)(H,31,42)(H,33,45)(H,34,43)(H,37,38)(H,39,40)(H,32,35,44)/t16?,17-,19?,22-,23-/m0/s1. The molecule has 1 aromatic rings. The van der Waals surface area contributed by atoms with E-state index in [1.807, 2.05) is 25.8 Å². The molecule has 0 spiro atoms. The molecule has 5 amide bonds. The summed E-state index contributed by atoms with van der Waals surface area (Å²) < 4.78 is 0. The van der Waals surface area contributed by atoms with Gasteiger partial charge in [0.25, 0.3) is 5.91 Å². The molecule has 2 heterocycles. The van der Waals surface area contributed by atoms with E-state index in [1.54, 1.807) is 13.8 Å². The molecule has 17 heteroatoms. The second kappa shape index (κ2) is 18.1. The van der Waals surface area contributed by atoms with Gasteiger partial charge in [-0.05, 0) is 44.7 Å². The Kier molecular flexibility index (Phi) is 15.0. The van der Waals surface area contributed by atoms with Gasteiger partial charge >= 0.3 is 11.9 Å². The topological polar surface area (TPSA) is 236 Å². The number of carboxylic acid groups (broad SMARTS) is 2. The van der Waals surface area contributed by atoms with Crippen molar-refractivity contribution >= 4 is 57.9 Å². The van der Waals surface area contributed by atoms with E-state index in [0.717, 1.165) is 30.7 Å². The molecule has 1 fully saturated rings. The van der Waals surface area contributed by atoms with Gasteiger partial charge in [0.2, 0.25) is 23.6 Å². The van der Waals surface area contributed by atoms with Crippen LogP contribution in [-0.2, 0) is 28.8 Å². The number of anilines is 1. The van der Waals surface area contributed by atoms with Gasteiger partial charge in [-0.15, -0.1) is 11.3 Å². The molecule has 16 nitrogen and oxygen atoms in total. The van der Waals surface area contributed by atoms with Crippen LogP contribution in [0.3, 0.4) is 0 Å². The highest BCUT2D eigenvalue weighted by Crippen LogP contribution is 2.19. The van der Waals surface area contributed by atoms with Gasteiger partial charge in [0.05, 0.1) is 6.04 Å². The van der Waals surface area contributed by atoms with Crippen molar-refractivity contribution in [2.45, 2.75) is 90.4 Å². The van der Waals surface area contributed by atoms with Crippen LogP contribution < -0.4 is 26.6 Å². The maximum Gasteiger partial charge on any atom is 0.322 e. The first kappa shape index (κ1) is 38.1. The quantitative estimate of drug-likeness (QED) is 0.120. The number of rotatable bonds is 17. The summed E-state index contributed by atoms with van der Waals surface area (Å²) in [6, 6.07) is -3.55. The highest BCUT2D eigenvalue weighted by atomic mass is 32.1. The number of thiazole rings is 1. The zero-order chi connectivity index (χ0) is 34.6. The minimum atomic E-state index is -1.35. The van der Waals surface area contributed by atoms with Gasteiger partial charge < -0.3 is 36.8 Å². The number of hydrogen-bond donors (Lipinski definition) is 7. The number of aromatic nitrogens is 1. The van der Waals surface area contributed by atoms with E-state index in [-0.39, 0.29) is 41.0 Å². The summed E-state index contributed by atoms with van der Waals surface area (Å²) in [4.78, 5) is 92.8. The fraction of sp³-hybridized carbons (Fsp3) is 0.655. The van der Waals surface area contributed by atoms with Gasteiger partial charge in [-0.3, -0.25) is 38.5 Å². The molecular formula is C29H45N7O9S. The van der Waals surface area contributed by atoms with Crippen molar-refractivity contribution < 1.29 is 43.8 Å². The van der Waals surface area contributed by atoms with Crippen LogP contribution >= 0.6 is 11.3 Å². The van der Waals surface area contributed by atoms with Crippen molar-refractivity contribution in [3.63, 3.8) is 0 Å². The molecular weight excluding hydrogens is 622 g/mol. The third-order valence-corrected chi connectivity index (χ3v) is 8.52. The second-order valence-corrected chi connectivity index (χ2v) is 12.5. The number of carbonyl (C=O) groups is 7. The van der Waals surface area contributed by atoms with E-state index in [1.165, 1.54) is 5.38 Å². The number of hydrogen-bond acceptors (Lipinski definition) is 10. The van der Waals surface area contributed by atoms with Gasteiger partial charge in [-0.2, -0.15) is 0 Å². The van der Waals surface area contributed by atoms with Gasteiger partial charge in [0.1, 0.15) is 30.4 Å². The molecule has 5 atom stereocenters. The summed E-state index contributed by atoms with van der Waals surface area (Å²) in [6.07, 6.45) is 2.47. The molecule has 46 heavy (non-hydrogen) atoms. The van der Waals surface area contributed by atoms with Gasteiger partial charge in [-0.1, -0.05) is 40.5 Å². The predicted molar refractivity (Wildman–Crippen MR) is 168 cm³/mol. The molecule has 0 radical (unpaired) electrons. The van der Waals surface area contributed by atoms with E-state index < -0.39 is 66.7 Å². The van der Waals surface area contributed by atoms with Crippen LogP contribution in [-0.4, -0.2) is 106 Å². The Morgan fingerprint density at radius 2 is 1.65 bits per heavy atom. The Hall–Kier alpha value is -4.12. The zero-order valence-electron chi connectivity index (χ0n) is 26.8. The number of carboxylic acids is 2. The van der Waals surface area contributed by atoms with Crippen molar-refractivity contribution in [2.75, 3.05) is 25.5 Å². The number of piperidine rings is 1. The highest BCUT2D eigenvalue weighted by Gasteiger charge is 2.34. The number of aliphatic carboxylic acids is 2. The molecule has 1 aromatic heterocycles. The lowest BCUT2D eigenvalue weighted by molar-refractivity contribution is -0.139. The molecule has 256 valence electrons. The molecule has 0 saturated carbocycles. The zero-order valence-corrected chi connectivity index (χ0v) is 27.6. The number of nitrogens with zero attached hydrogens (tertiary/aromatic N) is 2. The van der Waals surface area contributed by atoms with Crippen molar-refractivity contribution in [3.8, 4) is 0 Å². The SMILES string of the molecule is CCC(C)[C@H](NC(=O)C1CCCCN1C)C(=O)N[C@H](C(=O)Nc1nc(C(=O)N[C@@H](CCC(=O)O)C(=O)NCC(=O)O)cs1)C(C)C. The van der Waals surface area contributed by atoms with Crippen molar-refractivity contribution in [2.24, 2.45) is 11.8 Å². The summed E-state index contributed by atoms with van der Waals surface area (Å²) in [6.45, 7) is 7.31. The summed E-state index contributed by atoms with van der Waals surface area (Å²) in [5.41, 5.74) is -0.177. The molecule has 2 unspecified atom stereocenters. The Morgan fingerprint density at radius 3 is 2.24 bits per heavy atom. The van der Waals surface area contributed by atoms with Gasteiger partial charge in [-0.25, -0.2) is 4.98 Å². The molecule has 0 aliphatic carbocycles. The minimum Gasteiger partial charge on any atom is -0.481 e. The summed E-state index contributed by atoms with van der Waals surface area (Å²) in [5.74, 6) is -6.16. The normalized spacial score (nSPS) is 17.6. The lowest BCUT2D eigenvalue weighted by Gasteiger charge is -2.34. The van der Waals surface area contributed by atoms with E-state index in [0.29, 0.717) is 12.8 Å². The molecule has 2 rings (SSSR count). The fourth-order valence-corrected chi connectivity index (χ4v) is 5.50. The Morgan fingerprint density at radius 1 is 0.957 bits per heavy atom. The van der Waals surface area contributed by atoms with Crippen molar-refractivity contribution in [1.29, 1.82) is 0 Å². The summed E-state index contributed by atoms with van der Waals surface area (Å²) >= 11 is 0.911. The average molecular weight is 668 g/mol. The number of likely N-dealkylation sites (tertiary alicyclic amines) is 1. The molecule has 1 aliphatic rings. The van der Waals surface area contributed by atoms with Crippen LogP contribution in [0.2, 0.25) is 0 Å². The fourth-order valence-electron chi connectivity index (χ4n) is 4.81. The lowest BCUT2D eigenvalue weighted by atomic mass is 9.95. The Bertz CT molecular complexity index is 1270. The third kappa shape index (κ3) is 11.7. The first-order valence-corrected chi connectivity index (χ1v) is 16.1. The molecule has 1 saturated heterocycles. The number of amides is 5. The first-order valence-electron chi connectivity index (χ1n) is 15.2. The molecule has 7 N–H and O–H groups in total. The monoisotopic (exact) mass is 667 g/mol. The third-order valence-electron chi connectivity index (χ3n) is 7.76. The van der Waals surface area contributed by atoms with E-state index in [9.17, 15) is 33.6 Å². The second-order valence-electron chi connectivity index (χ2n) is 11.7. The average Bonchev–Trinajstić information content (AvgIpc) is 3.47. The van der Waals surface area contributed by atoms with Crippen molar-refractivity contribution in [1.82, 2.24) is 31.2 Å². The summed E-state index contributed by atoms with van der Waals surface area (Å²) in [7, 11) is 1.88. The highest BCUT2D eigenvalue weighted by molar-refractivity contribution is 7.14. The van der Waals surface area contributed by atoms with Gasteiger partial charge in [0.15, 0.2) is 5.13 Å². The minimum absolute atomic E-state index is 0.0274. The van der Waals surface area contributed by atoms with Crippen LogP contribution in [0.25, 0.3) is 0 Å². The largest absolute Gasteiger partial charge is 0.481 e. The lowest BCUT2D eigenvalue weighted by Crippen LogP contribution is -2.59. The Balaban J connectivity index is 2.10. The predicted octanol–water partition coefficient (Wildman–Crippen LogP) is 0.402. The van der Waals surface area contributed by atoms with E-state index >= 15 is 0 Å².